The Morgan fingerprint density at radius 2 is 1.34 bits per heavy atom. The summed E-state index contributed by atoms with van der Waals surface area (Å²) in [6.07, 6.45) is 2.07. The van der Waals surface area contributed by atoms with Crippen LogP contribution in [0.5, 0.6) is 0 Å². The molecule has 0 heterocycles. The lowest BCUT2D eigenvalue weighted by atomic mass is 9.81. The molecule has 0 aliphatic heterocycles. The summed E-state index contributed by atoms with van der Waals surface area (Å²) >= 11 is 0. The van der Waals surface area contributed by atoms with Crippen LogP contribution in [0.15, 0.2) is 48.5 Å². The molecule has 1 unspecified atom stereocenters. The summed E-state index contributed by atoms with van der Waals surface area (Å²) in [5.41, 5.74) is 14.7. The second-order valence-corrected chi connectivity index (χ2v) is 14.3. The predicted octanol–water partition coefficient (Wildman–Crippen LogP) is -0.931. The van der Waals surface area contributed by atoms with Gasteiger partial charge in [-0.15, -0.1) is 0 Å². The van der Waals surface area contributed by atoms with E-state index in [1.54, 1.807) is 12.1 Å². The molecule has 6 atom stereocenters. The first-order chi connectivity index (χ1) is 27.9. The Labute approximate surface area is 344 Å². The normalized spacial score (nSPS) is 13.9. The van der Waals surface area contributed by atoms with E-state index >= 15 is 0 Å². The van der Waals surface area contributed by atoms with Gasteiger partial charge in [0.2, 0.25) is 35.4 Å². The van der Waals surface area contributed by atoms with Crippen molar-refractivity contribution in [1.29, 1.82) is 0 Å². The number of unbranched alkanes of at least 4 members (excludes halogenated alkanes) is 2. The van der Waals surface area contributed by atoms with Gasteiger partial charge in [-0.3, -0.25) is 28.8 Å². The first-order valence-corrected chi connectivity index (χ1v) is 19.7. The van der Waals surface area contributed by atoms with Crippen molar-refractivity contribution in [3.8, 4) is 11.1 Å². The van der Waals surface area contributed by atoms with E-state index in [1.165, 1.54) is 26.3 Å². The first-order valence-electron chi connectivity index (χ1n) is 19.7. The number of hydrogen-bond donors (Lipinski definition) is 12. The monoisotopic (exact) mass is 825 g/mol. The van der Waals surface area contributed by atoms with E-state index in [0.717, 1.165) is 30.4 Å². The SMILES string of the molecule is CCCCc1ccc(-c2ccc(NC(=O)NCCC(=O)N[C@@H](CCCCN)C(=O)N[C@H](C(=O)N[C@@H](C)C(=O)N[C@@H](CC(N)=O)C(=O)N[C@@H](C)B(O)O)C(C)O)cc2)cc1. The van der Waals surface area contributed by atoms with Crippen molar-refractivity contribution < 1.29 is 48.7 Å². The Bertz CT molecular complexity index is 1700. The molecule has 59 heavy (non-hydrogen) atoms. The van der Waals surface area contributed by atoms with Crippen LogP contribution in [-0.2, 0) is 35.2 Å². The highest BCUT2D eigenvalue weighted by Gasteiger charge is 2.33. The zero-order valence-corrected chi connectivity index (χ0v) is 34.1. The topological polar surface area (TPSA) is 316 Å². The van der Waals surface area contributed by atoms with E-state index in [9.17, 15) is 48.7 Å². The molecule has 2 rings (SSSR count). The second kappa shape index (κ2) is 25.7. The third-order valence-electron chi connectivity index (χ3n) is 9.16. The van der Waals surface area contributed by atoms with Crippen molar-refractivity contribution in [2.75, 3.05) is 18.4 Å². The predicted molar refractivity (Wildman–Crippen MR) is 222 cm³/mol. The number of aliphatic hydroxyl groups excluding tert-OH is 1. The zero-order chi connectivity index (χ0) is 44.1. The number of urea groups is 1. The van der Waals surface area contributed by atoms with Crippen LogP contribution in [-0.4, -0.2) is 113 Å². The molecule has 0 aliphatic rings. The lowest BCUT2D eigenvalue weighted by Crippen LogP contribution is -2.60. The van der Waals surface area contributed by atoms with Gasteiger partial charge in [0.1, 0.15) is 24.2 Å². The molecule has 0 saturated heterocycles. The fourth-order valence-electron chi connectivity index (χ4n) is 5.62. The van der Waals surface area contributed by atoms with Crippen molar-refractivity contribution >= 4 is 54.3 Å². The minimum Gasteiger partial charge on any atom is -0.426 e. The first kappa shape index (κ1) is 49.6. The molecule has 0 aliphatic carbocycles. The number of hydrogen-bond acceptors (Lipinski definition) is 11. The Balaban J connectivity index is 1.96. The van der Waals surface area contributed by atoms with Crippen LogP contribution in [0.4, 0.5) is 10.5 Å². The van der Waals surface area contributed by atoms with Crippen LogP contribution in [0.3, 0.4) is 0 Å². The summed E-state index contributed by atoms with van der Waals surface area (Å²) in [7, 11) is -1.93. The van der Waals surface area contributed by atoms with Crippen molar-refractivity contribution in [2.24, 2.45) is 11.5 Å². The van der Waals surface area contributed by atoms with E-state index < -0.39 is 91.2 Å². The molecule has 19 nitrogen and oxygen atoms in total. The minimum atomic E-state index is -1.93. The number of carbonyl (C=O) groups excluding carboxylic acids is 7. The number of aryl methyl sites for hydroxylation is 1. The molecule has 8 amide bonds. The fourth-order valence-corrected chi connectivity index (χ4v) is 5.62. The van der Waals surface area contributed by atoms with Crippen molar-refractivity contribution in [3.05, 3.63) is 54.1 Å². The number of rotatable bonds is 25. The highest BCUT2D eigenvalue weighted by atomic mass is 16.4. The summed E-state index contributed by atoms with van der Waals surface area (Å²) in [4.78, 5) is 89.1. The van der Waals surface area contributed by atoms with E-state index in [4.69, 9.17) is 11.5 Å². The fraction of sp³-hybridized carbons (Fsp3) is 0.513. The number of benzene rings is 2. The van der Waals surface area contributed by atoms with Crippen molar-refractivity contribution in [1.82, 2.24) is 31.9 Å². The Morgan fingerprint density at radius 1 is 0.729 bits per heavy atom. The quantitative estimate of drug-likeness (QED) is 0.0429. The molecular weight excluding hydrogens is 765 g/mol. The van der Waals surface area contributed by atoms with Crippen LogP contribution >= 0.6 is 0 Å². The Morgan fingerprint density at radius 3 is 1.90 bits per heavy atom. The van der Waals surface area contributed by atoms with Crippen LogP contribution in [0.2, 0.25) is 0 Å². The average molecular weight is 826 g/mol. The Kier molecular flexibility index (Phi) is 21.6. The second-order valence-electron chi connectivity index (χ2n) is 14.3. The summed E-state index contributed by atoms with van der Waals surface area (Å²) < 4.78 is 0. The summed E-state index contributed by atoms with van der Waals surface area (Å²) in [6, 6.07) is 9.50. The smallest absolute Gasteiger partial charge is 0.426 e. The average Bonchev–Trinajstić information content (AvgIpc) is 3.18. The molecule has 324 valence electrons. The zero-order valence-electron chi connectivity index (χ0n) is 34.1. The van der Waals surface area contributed by atoms with E-state index in [2.05, 4.69) is 68.4 Å². The van der Waals surface area contributed by atoms with Gasteiger partial charge in [-0.2, -0.15) is 0 Å². The molecule has 14 N–H and O–H groups in total. The largest absolute Gasteiger partial charge is 0.475 e. The standard InChI is InChI=1S/C39H60BN9O10/c1-5-6-9-26-11-13-27(14-12-26)28-15-17-29(18-16-28)46-39(57)43-21-19-33(52)47-30(10-7-8-20-41)36(54)49-34(24(3)50)38(56)44-23(2)35(53)48-31(22-32(42)51)37(55)45-25(4)40(58)59/h11-18,23-25,30-31,34,50,58-59H,5-10,19-22,41H2,1-4H3,(H2,42,51)(H,44,56)(H,45,55)(H,47,52)(H,48,53)(H,49,54)(H2,43,46,57)/t23-,24?,25-,30-,31-,34-/m0/s1. The molecule has 2 aromatic carbocycles. The van der Waals surface area contributed by atoms with Crippen molar-refractivity contribution in [2.45, 2.75) is 115 Å². The molecule has 0 spiro atoms. The van der Waals surface area contributed by atoms with Gasteiger partial charge in [0.15, 0.2) is 0 Å². The number of aliphatic hydroxyl groups is 1. The van der Waals surface area contributed by atoms with Gasteiger partial charge in [-0.1, -0.05) is 49.7 Å². The molecule has 0 bridgehead atoms. The van der Waals surface area contributed by atoms with E-state index in [-0.39, 0.29) is 19.4 Å². The van der Waals surface area contributed by atoms with Crippen LogP contribution in [0.25, 0.3) is 11.1 Å². The van der Waals surface area contributed by atoms with Gasteiger partial charge < -0.3 is 63.8 Å². The van der Waals surface area contributed by atoms with Gasteiger partial charge in [-0.25, -0.2) is 4.79 Å². The molecule has 0 aromatic heterocycles. The third kappa shape index (κ3) is 18.3. The van der Waals surface area contributed by atoms with E-state index in [0.29, 0.717) is 25.1 Å². The number of amides is 8. The molecular formula is C39H60BN9O10. The maximum Gasteiger partial charge on any atom is 0.475 e. The van der Waals surface area contributed by atoms with Crippen LogP contribution in [0, 0.1) is 0 Å². The van der Waals surface area contributed by atoms with Gasteiger partial charge >= 0.3 is 13.1 Å². The third-order valence-corrected chi connectivity index (χ3v) is 9.16. The molecule has 20 heteroatoms. The maximum absolute atomic E-state index is 13.4. The molecule has 0 radical (unpaired) electrons. The number of nitrogens with one attached hydrogen (secondary N) is 7. The summed E-state index contributed by atoms with van der Waals surface area (Å²) in [5, 5.41) is 46.0. The Hall–Kier alpha value is -5.57. The maximum atomic E-state index is 13.4. The molecule has 0 saturated carbocycles. The molecule has 2 aromatic rings. The van der Waals surface area contributed by atoms with Gasteiger partial charge in [0, 0.05) is 18.7 Å². The van der Waals surface area contributed by atoms with Gasteiger partial charge in [0.05, 0.1) is 18.5 Å². The highest BCUT2D eigenvalue weighted by molar-refractivity contribution is 6.43. The van der Waals surface area contributed by atoms with E-state index in [1.807, 2.05) is 12.1 Å². The number of primary amides is 1. The summed E-state index contributed by atoms with van der Waals surface area (Å²) in [5.74, 6) is -6.39. The minimum absolute atomic E-state index is 0.0691. The molecule has 0 fully saturated rings. The number of carbonyl (C=O) groups is 7. The van der Waals surface area contributed by atoms with Gasteiger partial charge in [-0.05, 0) is 88.2 Å². The number of anilines is 1. The lowest BCUT2D eigenvalue weighted by Gasteiger charge is -2.26. The van der Waals surface area contributed by atoms with Crippen LogP contribution in [0.1, 0.15) is 78.2 Å². The van der Waals surface area contributed by atoms with Crippen molar-refractivity contribution in [3.63, 3.8) is 0 Å². The lowest BCUT2D eigenvalue weighted by molar-refractivity contribution is -0.136. The number of nitrogens with two attached hydrogens (primary N) is 2. The van der Waals surface area contributed by atoms with Gasteiger partial charge in [0.25, 0.3) is 0 Å². The summed E-state index contributed by atoms with van der Waals surface area (Å²) in [6.45, 7) is 6.13. The highest BCUT2D eigenvalue weighted by Crippen LogP contribution is 2.22. The van der Waals surface area contributed by atoms with Crippen LogP contribution < -0.4 is 48.7 Å².